The summed E-state index contributed by atoms with van der Waals surface area (Å²) in [5.41, 5.74) is 1.71. The van der Waals surface area contributed by atoms with Crippen LogP contribution in [0.15, 0.2) is 36.7 Å². The van der Waals surface area contributed by atoms with Crippen LogP contribution in [0.2, 0.25) is 5.02 Å². The first-order chi connectivity index (χ1) is 11.1. The number of anilines is 1. The van der Waals surface area contributed by atoms with Gasteiger partial charge in [-0.25, -0.2) is 0 Å². The molecule has 6 nitrogen and oxygen atoms in total. The van der Waals surface area contributed by atoms with Crippen molar-refractivity contribution in [2.24, 2.45) is 0 Å². The van der Waals surface area contributed by atoms with E-state index in [1.54, 1.807) is 6.20 Å². The first-order valence-corrected chi connectivity index (χ1v) is 7.58. The van der Waals surface area contributed by atoms with Crippen LogP contribution in [0.3, 0.4) is 0 Å². The topological polar surface area (TPSA) is 73.2 Å². The van der Waals surface area contributed by atoms with Crippen LogP contribution in [-0.4, -0.2) is 28.8 Å². The smallest absolute Gasteiger partial charge is 0.327 e. The Morgan fingerprint density at radius 3 is 2.67 bits per heavy atom. The molecule has 130 valence electrons. The number of rotatable bonds is 7. The number of hydrogen-bond donors (Lipinski definition) is 1. The van der Waals surface area contributed by atoms with Gasteiger partial charge >= 0.3 is 5.97 Å². The highest BCUT2D eigenvalue weighted by Crippen LogP contribution is 2.12. The summed E-state index contributed by atoms with van der Waals surface area (Å²) in [4.78, 5) is 23.0. The molecule has 0 aliphatic rings. The van der Waals surface area contributed by atoms with Crippen LogP contribution < -0.4 is 5.32 Å². The minimum Gasteiger partial charge on any atom is -0.468 e. The molecule has 2 aromatic rings. The lowest BCUT2D eigenvalue weighted by Crippen LogP contribution is -2.12. The summed E-state index contributed by atoms with van der Waals surface area (Å²) in [6, 6.07) is 7.59. The molecule has 0 unspecified atom stereocenters. The quantitative estimate of drug-likeness (QED) is 0.758. The van der Waals surface area contributed by atoms with Gasteiger partial charge in [0, 0.05) is 17.6 Å². The molecule has 0 spiro atoms. The largest absolute Gasteiger partial charge is 0.468 e. The molecule has 1 aromatic carbocycles. The van der Waals surface area contributed by atoms with Crippen molar-refractivity contribution in [3.05, 3.63) is 47.2 Å². The second-order valence-corrected chi connectivity index (χ2v) is 5.47. The van der Waals surface area contributed by atoms with Crippen LogP contribution in [0, 0.1) is 0 Å². The molecular weight excluding hydrogens is 353 g/mol. The number of aromatic nitrogens is 2. The molecule has 0 fully saturated rings. The van der Waals surface area contributed by atoms with Gasteiger partial charge in [-0.2, -0.15) is 5.10 Å². The number of aryl methyl sites for hydroxylation is 1. The van der Waals surface area contributed by atoms with E-state index in [-0.39, 0.29) is 24.9 Å². The molecule has 0 saturated carbocycles. The molecule has 0 atom stereocenters. The second kappa shape index (κ2) is 9.95. The summed E-state index contributed by atoms with van der Waals surface area (Å²) < 4.78 is 5.96. The maximum absolute atomic E-state index is 11.9. The van der Waals surface area contributed by atoms with E-state index in [9.17, 15) is 9.59 Å². The maximum Gasteiger partial charge on any atom is 0.327 e. The van der Waals surface area contributed by atoms with E-state index in [1.165, 1.54) is 18.0 Å². The highest BCUT2D eigenvalue weighted by atomic mass is 35.5. The van der Waals surface area contributed by atoms with Crippen LogP contribution >= 0.6 is 24.0 Å². The van der Waals surface area contributed by atoms with Crippen LogP contribution in [0.5, 0.6) is 0 Å². The van der Waals surface area contributed by atoms with E-state index in [1.807, 2.05) is 24.3 Å². The third-order valence-electron chi connectivity index (χ3n) is 3.22. The van der Waals surface area contributed by atoms with Crippen LogP contribution in [0.1, 0.15) is 18.4 Å². The Morgan fingerprint density at radius 1 is 1.29 bits per heavy atom. The standard InChI is InChI=1S/C16H18ClN3O3.ClH/c1-23-16(22)11-20-10-14(9-18-20)19-15(21)4-2-3-12-5-7-13(17)8-6-12;/h5-10H,2-4,11H2,1H3,(H,19,21);1H. The third-order valence-corrected chi connectivity index (χ3v) is 3.47. The number of halogens is 2. The number of carbonyl (C=O) groups excluding carboxylic acids is 2. The van der Waals surface area contributed by atoms with E-state index in [2.05, 4.69) is 15.2 Å². The van der Waals surface area contributed by atoms with E-state index in [4.69, 9.17) is 11.6 Å². The van der Waals surface area contributed by atoms with Gasteiger partial charge in [0.2, 0.25) is 5.91 Å². The Bertz CT molecular complexity index is 671. The molecule has 1 N–H and O–H groups in total. The second-order valence-electron chi connectivity index (χ2n) is 5.03. The van der Waals surface area contributed by atoms with Gasteiger partial charge in [0.25, 0.3) is 0 Å². The maximum atomic E-state index is 11.9. The SMILES string of the molecule is COC(=O)Cn1cc(NC(=O)CCCc2ccc(Cl)cc2)cn1.Cl. The van der Waals surface area contributed by atoms with Gasteiger partial charge in [0.05, 0.1) is 19.0 Å². The highest BCUT2D eigenvalue weighted by Gasteiger charge is 2.07. The number of ether oxygens (including phenoxy) is 1. The van der Waals surface area contributed by atoms with Crippen molar-refractivity contribution in [3.8, 4) is 0 Å². The van der Waals surface area contributed by atoms with Gasteiger partial charge in [0.1, 0.15) is 6.54 Å². The zero-order chi connectivity index (χ0) is 16.7. The number of carbonyl (C=O) groups is 2. The summed E-state index contributed by atoms with van der Waals surface area (Å²) in [7, 11) is 1.31. The fourth-order valence-corrected chi connectivity index (χ4v) is 2.17. The van der Waals surface area contributed by atoms with Crippen molar-refractivity contribution in [2.45, 2.75) is 25.8 Å². The predicted octanol–water partition coefficient (Wildman–Crippen LogP) is 3.09. The molecular formula is C16H19Cl2N3O3. The number of esters is 1. The molecule has 24 heavy (non-hydrogen) atoms. The van der Waals surface area contributed by atoms with Crippen LogP contribution in [0.25, 0.3) is 0 Å². The lowest BCUT2D eigenvalue weighted by molar-refractivity contribution is -0.141. The molecule has 0 aliphatic carbocycles. The Hall–Kier alpha value is -2.05. The van der Waals surface area contributed by atoms with Crippen molar-refractivity contribution in [2.75, 3.05) is 12.4 Å². The molecule has 1 heterocycles. The van der Waals surface area contributed by atoms with Crippen molar-refractivity contribution in [1.29, 1.82) is 0 Å². The van der Waals surface area contributed by atoms with E-state index < -0.39 is 5.97 Å². The molecule has 0 aliphatic heterocycles. The summed E-state index contributed by atoms with van der Waals surface area (Å²) in [6.07, 6.45) is 5.05. The van der Waals surface area contributed by atoms with Gasteiger partial charge in [-0.3, -0.25) is 14.3 Å². The van der Waals surface area contributed by atoms with Gasteiger partial charge in [0.15, 0.2) is 0 Å². The fraction of sp³-hybridized carbons (Fsp3) is 0.312. The zero-order valence-electron chi connectivity index (χ0n) is 13.2. The number of amides is 1. The van der Waals surface area contributed by atoms with E-state index in [0.29, 0.717) is 17.1 Å². The minimum absolute atomic E-state index is 0. The monoisotopic (exact) mass is 371 g/mol. The zero-order valence-corrected chi connectivity index (χ0v) is 14.8. The summed E-state index contributed by atoms with van der Waals surface area (Å²) >= 11 is 5.83. The summed E-state index contributed by atoms with van der Waals surface area (Å²) in [5, 5.41) is 7.44. The number of nitrogens with zero attached hydrogens (tertiary/aromatic N) is 2. The van der Waals surface area contributed by atoms with Crippen LogP contribution in [-0.2, 0) is 27.3 Å². The molecule has 2 rings (SSSR count). The Labute approximate surface area is 151 Å². The van der Waals surface area contributed by atoms with Gasteiger partial charge in [-0.15, -0.1) is 12.4 Å². The lowest BCUT2D eigenvalue weighted by atomic mass is 10.1. The van der Waals surface area contributed by atoms with Crippen molar-refractivity contribution < 1.29 is 14.3 Å². The normalized spacial score (nSPS) is 9.92. The lowest BCUT2D eigenvalue weighted by Gasteiger charge is -2.03. The van der Waals surface area contributed by atoms with Gasteiger partial charge in [-0.05, 0) is 30.5 Å². The molecule has 1 aromatic heterocycles. The van der Waals surface area contributed by atoms with Gasteiger partial charge < -0.3 is 10.1 Å². The predicted molar refractivity (Wildman–Crippen MR) is 94.5 cm³/mol. The summed E-state index contributed by atoms with van der Waals surface area (Å²) in [6.45, 7) is 0.0168. The van der Waals surface area contributed by atoms with E-state index >= 15 is 0 Å². The number of nitrogens with one attached hydrogen (secondary N) is 1. The molecule has 1 amide bonds. The first-order valence-electron chi connectivity index (χ1n) is 7.20. The molecule has 0 saturated heterocycles. The first kappa shape index (κ1) is 20.0. The highest BCUT2D eigenvalue weighted by molar-refractivity contribution is 6.30. The Kier molecular flexibility index (Phi) is 8.29. The molecule has 0 radical (unpaired) electrons. The third kappa shape index (κ3) is 6.60. The minimum atomic E-state index is -0.394. The van der Waals surface area contributed by atoms with Crippen molar-refractivity contribution in [3.63, 3.8) is 0 Å². The van der Waals surface area contributed by atoms with Crippen molar-refractivity contribution >= 4 is 41.6 Å². The average Bonchev–Trinajstić information content (AvgIpc) is 2.96. The fourth-order valence-electron chi connectivity index (χ4n) is 2.04. The Morgan fingerprint density at radius 2 is 2.00 bits per heavy atom. The number of benzene rings is 1. The molecule has 0 bridgehead atoms. The molecule has 8 heteroatoms. The van der Waals surface area contributed by atoms with E-state index in [0.717, 1.165) is 18.4 Å². The van der Waals surface area contributed by atoms with Gasteiger partial charge in [-0.1, -0.05) is 23.7 Å². The number of hydrogen-bond acceptors (Lipinski definition) is 4. The van der Waals surface area contributed by atoms with Crippen molar-refractivity contribution in [1.82, 2.24) is 9.78 Å². The number of methoxy groups -OCH3 is 1. The Balaban J connectivity index is 0.00000288. The van der Waals surface area contributed by atoms with Crippen LogP contribution in [0.4, 0.5) is 5.69 Å². The average molecular weight is 372 g/mol. The summed E-state index contributed by atoms with van der Waals surface area (Å²) in [5.74, 6) is -0.481.